The minimum atomic E-state index is -0.253. The number of rotatable bonds is 7. The van der Waals surface area contributed by atoms with Gasteiger partial charge in [0.1, 0.15) is 11.6 Å². The first kappa shape index (κ1) is 20.6. The number of piperazine rings is 1. The smallest absolute Gasteiger partial charge is 0.238 e. The van der Waals surface area contributed by atoms with Gasteiger partial charge in [0, 0.05) is 43.2 Å². The van der Waals surface area contributed by atoms with Gasteiger partial charge >= 0.3 is 0 Å². The van der Waals surface area contributed by atoms with Crippen molar-refractivity contribution in [2.75, 3.05) is 51.4 Å². The number of amides is 1. The molecule has 7 heteroatoms. The van der Waals surface area contributed by atoms with Crippen molar-refractivity contribution in [1.82, 2.24) is 9.80 Å². The molecule has 2 aromatic carbocycles. The van der Waals surface area contributed by atoms with Gasteiger partial charge in [0.25, 0.3) is 0 Å². The Hall–Kier alpha value is -2.09. The van der Waals surface area contributed by atoms with Crippen LogP contribution >= 0.6 is 11.8 Å². The molecule has 1 heterocycles. The monoisotopic (exact) mass is 403 g/mol. The lowest BCUT2D eigenvalue weighted by Gasteiger charge is -2.34. The summed E-state index contributed by atoms with van der Waals surface area (Å²) in [6.07, 6.45) is 2.00. The first-order chi connectivity index (χ1) is 13.6. The number of para-hydroxylation sites is 1. The zero-order valence-corrected chi connectivity index (χ0v) is 17.1. The molecule has 0 unspecified atom stereocenters. The molecule has 2 aromatic rings. The number of hydrogen-bond donors (Lipinski definition) is 1. The summed E-state index contributed by atoms with van der Waals surface area (Å²) in [7, 11) is 1.60. The van der Waals surface area contributed by atoms with Crippen molar-refractivity contribution in [3.8, 4) is 5.75 Å². The average Bonchev–Trinajstić information content (AvgIpc) is 2.70. The van der Waals surface area contributed by atoms with Crippen molar-refractivity contribution in [3.05, 3.63) is 53.8 Å². The van der Waals surface area contributed by atoms with E-state index in [1.165, 1.54) is 12.1 Å². The van der Waals surface area contributed by atoms with Crippen LogP contribution in [0.25, 0.3) is 0 Å². The van der Waals surface area contributed by atoms with Crippen molar-refractivity contribution >= 4 is 23.4 Å². The minimum Gasteiger partial charge on any atom is -0.496 e. The number of hydrogen-bond acceptors (Lipinski definition) is 5. The van der Waals surface area contributed by atoms with E-state index in [9.17, 15) is 9.18 Å². The predicted octanol–water partition coefficient (Wildman–Crippen LogP) is 3.31. The van der Waals surface area contributed by atoms with Crippen LogP contribution in [0.15, 0.2) is 47.4 Å². The predicted molar refractivity (Wildman–Crippen MR) is 112 cm³/mol. The Balaban J connectivity index is 1.49. The molecular formula is C21H26FN3O2S. The molecule has 0 aliphatic carbocycles. The van der Waals surface area contributed by atoms with Gasteiger partial charge in [-0.25, -0.2) is 4.39 Å². The van der Waals surface area contributed by atoms with Crippen LogP contribution in [-0.2, 0) is 11.3 Å². The number of ether oxygens (including phenoxy) is 1. The Bertz CT molecular complexity index is 810. The van der Waals surface area contributed by atoms with Gasteiger partial charge in [-0.2, -0.15) is 0 Å². The summed E-state index contributed by atoms with van der Waals surface area (Å²) in [5, 5.41) is 3.01. The van der Waals surface area contributed by atoms with E-state index >= 15 is 0 Å². The van der Waals surface area contributed by atoms with E-state index in [0.717, 1.165) is 42.3 Å². The van der Waals surface area contributed by atoms with Crippen LogP contribution in [0.4, 0.5) is 10.1 Å². The van der Waals surface area contributed by atoms with E-state index in [1.807, 2.05) is 30.5 Å². The van der Waals surface area contributed by atoms with Gasteiger partial charge in [-0.3, -0.25) is 14.6 Å². The molecule has 5 nitrogen and oxygen atoms in total. The number of nitrogens with zero attached hydrogens (tertiary/aromatic N) is 2. The van der Waals surface area contributed by atoms with Crippen molar-refractivity contribution in [1.29, 1.82) is 0 Å². The van der Waals surface area contributed by atoms with Crippen molar-refractivity contribution in [3.63, 3.8) is 0 Å². The highest BCUT2D eigenvalue weighted by molar-refractivity contribution is 7.98. The highest BCUT2D eigenvalue weighted by Crippen LogP contribution is 2.25. The molecule has 3 rings (SSSR count). The molecule has 0 aromatic heterocycles. The van der Waals surface area contributed by atoms with E-state index in [1.54, 1.807) is 24.9 Å². The van der Waals surface area contributed by atoms with Crippen molar-refractivity contribution < 1.29 is 13.9 Å². The second-order valence-corrected chi connectivity index (χ2v) is 7.60. The van der Waals surface area contributed by atoms with Gasteiger partial charge < -0.3 is 10.1 Å². The standard InChI is InChI=1S/C21H26FN3O2S/c1-27-19-8-7-17(22)13-16(19)14-24-9-11-25(12-10-24)15-21(26)23-18-5-3-4-6-20(18)28-2/h3-8,13H,9-12,14-15H2,1-2H3,(H,23,26). The van der Waals surface area contributed by atoms with E-state index < -0.39 is 0 Å². The molecule has 1 amide bonds. The Labute approximate surface area is 169 Å². The first-order valence-electron chi connectivity index (χ1n) is 9.29. The van der Waals surface area contributed by atoms with Crippen molar-refractivity contribution in [2.24, 2.45) is 0 Å². The summed E-state index contributed by atoms with van der Waals surface area (Å²) < 4.78 is 18.9. The maximum atomic E-state index is 13.5. The zero-order valence-electron chi connectivity index (χ0n) is 16.3. The van der Waals surface area contributed by atoms with E-state index in [2.05, 4.69) is 15.1 Å². The number of carbonyl (C=O) groups excluding carboxylic acids is 1. The summed E-state index contributed by atoms with van der Waals surface area (Å²) in [6.45, 7) is 4.27. The largest absolute Gasteiger partial charge is 0.496 e. The highest BCUT2D eigenvalue weighted by atomic mass is 32.2. The van der Waals surface area contributed by atoms with E-state index in [-0.39, 0.29) is 11.7 Å². The fraction of sp³-hybridized carbons (Fsp3) is 0.381. The Morgan fingerprint density at radius 3 is 2.57 bits per heavy atom. The highest BCUT2D eigenvalue weighted by Gasteiger charge is 2.20. The maximum absolute atomic E-state index is 13.5. The quantitative estimate of drug-likeness (QED) is 0.719. The number of thioether (sulfide) groups is 1. The van der Waals surface area contributed by atoms with Crippen molar-refractivity contribution in [2.45, 2.75) is 11.4 Å². The SMILES string of the molecule is COc1ccc(F)cc1CN1CCN(CC(=O)Nc2ccccc2SC)CC1. The van der Waals surface area contributed by atoms with Crippen LogP contribution in [0, 0.1) is 5.82 Å². The van der Waals surface area contributed by atoms with Crippen LogP contribution < -0.4 is 10.1 Å². The summed E-state index contributed by atoms with van der Waals surface area (Å²) in [5.74, 6) is 0.453. The number of halogens is 1. The minimum absolute atomic E-state index is 0.00162. The third kappa shape index (κ3) is 5.47. The van der Waals surface area contributed by atoms with E-state index in [0.29, 0.717) is 18.8 Å². The Morgan fingerprint density at radius 2 is 1.86 bits per heavy atom. The van der Waals surface area contributed by atoms with Crippen LogP contribution in [-0.4, -0.2) is 61.8 Å². The molecule has 0 saturated carbocycles. The molecule has 0 atom stereocenters. The molecular weight excluding hydrogens is 377 g/mol. The molecule has 1 fully saturated rings. The van der Waals surface area contributed by atoms with Gasteiger partial charge in [-0.05, 0) is 36.6 Å². The summed E-state index contributed by atoms with van der Waals surface area (Å²) in [5.41, 5.74) is 1.71. The van der Waals surface area contributed by atoms with Gasteiger partial charge in [0.2, 0.25) is 5.91 Å². The summed E-state index contributed by atoms with van der Waals surface area (Å²) >= 11 is 1.62. The summed E-state index contributed by atoms with van der Waals surface area (Å²) in [4.78, 5) is 17.9. The number of anilines is 1. The zero-order chi connectivity index (χ0) is 19.9. The number of carbonyl (C=O) groups is 1. The second kappa shape index (κ2) is 9.91. The molecule has 0 spiro atoms. The molecule has 28 heavy (non-hydrogen) atoms. The molecule has 0 bridgehead atoms. The lowest BCUT2D eigenvalue weighted by Crippen LogP contribution is -2.48. The normalized spacial score (nSPS) is 15.4. The maximum Gasteiger partial charge on any atom is 0.238 e. The van der Waals surface area contributed by atoms with Crippen LogP contribution in [0.2, 0.25) is 0 Å². The molecule has 1 saturated heterocycles. The first-order valence-corrected chi connectivity index (χ1v) is 10.5. The summed E-state index contributed by atoms with van der Waals surface area (Å²) in [6, 6.07) is 12.4. The fourth-order valence-electron chi connectivity index (χ4n) is 3.36. The Kier molecular flexibility index (Phi) is 7.30. The van der Waals surface area contributed by atoms with Crippen LogP contribution in [0.5, 0.6) is 5.75 Å². The molecule has 150 valence electrons. The number of benzene rings is 2. The third-order valence-corrected chi connectivity index (χ3v) is 5.65. The number of nitrogens with one attached hydrogen (secondary N) is 1. The number of methoxy groups -OCH3 is 1. The lowest BCUT2D eigenvalue weighted by atomic mass is 10.1. The van der Waals surface area contributed by atoms with Gasteiger partial charge in [-0.15, -0.1) is 11.8 Å². The molecule has 1 aliphatic rings. The molecule has 0 radical (unpaired) electrons. The van der Waals surface area contributed by atoms with Gasteiger partial charge in [0.05, 0.1) is 19.3 Å². The van der Waals surface area contributed by atoms with E-state index in [4.69, 9.17) is 4.74 Å². The second-order valence-electron chi connectivity index (χ2n) is 6.76. The topological polar surface area (TPSA) is 44.8 Å². The fourth-order valence-corrected chi connectivity index (χ4v) is 3.91. The van der Waals surface area contributed by atoms with Gasteiger partial charge in [0.15, 0.2) is 0 Å². The van der Waals surface area contributed by atoms with Crippen LogP contribution in [0.1, 0.15) is 5.56 Å². The molecule has 1 N–H and O–H groups in total. The Morgan fingerprint density at radius 1 is 1.14 bits per heavy atom. The van der Waals surface area contributed by atoms with Crippen LogP contribution in [0.3, 0.4) is 0 Å². The lowest BCUT2D eigenvalue weighted by molar-refractivity contribution is -0.117. The van der Waals surface area contributed by atoms with Gasteiger partial charge in [-0.1, -0.05) is 12.1 Å². The third-order valence-electron chi connectivity index (χ3n) is 4.85. The molecule has 1 aliphatic heterocycles. The average molecular weight is 404 g/mol.